The van der Waals surface area contributed by atoms with Crippen molar-refractivity contribution in [2.75, 3.05) is 20.3 Å². The third kappa shape index (κ3) is 3.61. The van der Waals surface area contributed by atoms with Crippen molar-refractivity contribution in [1.82, 2.24) is 10.2 Å². The Labute approximate surface area is 87.4 Å². The lowest BCUT2D eigenvalue weighted by atomic mass is 10.5. The van der Waals surface area contributed by atoms with E-state index in [0.717, 1.165) is 0 Å². The van der Waals surface area contributed by atoms with Crippen molar-refractivity contribution in [2.24, 2.45) is 0 Å². The van der Waals surface area contributed by atoms with Crippen molar-refractivity contribution in [1.29, 1.82) is 0 Å². The molecule has 5 nitrogen and oxygen atoms in total. The summed E-state index contributed by atoms with van der Waals surface area (Å²) in [5, 5.41) is 7.25. The average molecular weight is 221 g/mol. The van der Waals surface area contributed by atoms with Gasteiger partial charge in [0.05, 0.1) is 13.2 Å². The number of nitrogens with zero attached hydrogens (tertiary/aromatic N) is 2. The summed E-state index contributed by atoms with van der Waals surface area (Å²) in [6.45, 7) is 3.11. The summed E-state index contributed by atoms with van der Waals surface area (Å²) < 4.78 is 15.2. The van der Waals surface area contributed by atoms with E-state index < -0.39 is 0 Å². The third-order valence-corrected chi connectivity index (χ3v) is 1.67. The molecule has 0 aromatic carbocycles. The van der Waals surface area contributed by atoms with Crippen LogP contribution in [0, 0.1) is 0 Å². The Morgan fingerprint density at radius 2 is 2.21 bits per heavy atom. The van der Waals surface area contributed by atoms with Crippen LogP contribution in [-0.4, -0.2) is 30.5 Å². The molecule has 1 atom stereocenters. The van der Waals surface area contributed by atoms with Crippen LogP contribution in [0.2, 0.25) is 0 Å². The number of hydrogen-bond acceptors (Lipinski definition) is 5. The Kier molecular flexibility index (Phi) is 4.86. The van der Waals surface area contributed by atoms with E-state index in [1.807, 2.05) is 0 Å². The number of alkyl halides is 1. The maximum atomic E-state index is 5.74. The molecule has 0 fully saturated rings. The molecule has 0 saturated carbocycles. The van der Waals surface area contributed by atoms with E-state index in [2.05, 4.69) is 10.2 Å². The zero-order chi connectivity index (χ0) is 10.4. The molecule has 0 N–H and O–H groups in total. The van der Waals surface area contributed by atoms with Gasteiger partial charge in [-0.05, 0) is 6.92 Å². The van der Waals surface area contributed by atoms with Crippen LogP contribution in [0.25, 0.3) is 0 Å². The number of halogens is 1. The Hall–Kier alpha value is -0.650. The topological polar surface area (TPSA) is 57.4 Å². The van der Waals surface area contributed by atoms with Crippen LogP contribution < -0.4 is 0 Å². The lowest BCUT2D eigenvalue weighted by molar-refractivity contribution is 0.0513. The molecule has 0 bridgehead atoms. The van der Waals surface area contributed by atoms with Gasteiger partial charge in [-0.1, -0.05) is 0 Å². The van der Waals surface area contributed by atoms with Crippen LogP contribution in [0.1, 0.15) is 24.1 Å². The highest BCUT2D eigenvalue weighted by Crippen LogP contribution is 2.17. The molecule has 0 radical (unpaired) electrons. The van der Waals surface area contributed by atoms with Gasteiger partial charge in [-0.15, -0.1) is 21.8 Å². The Balaban J connectivity index is 2.29. The molecule has 1 aromatic heterocycles. The number of rotatable bonds is 6. The normalized spacial score (nSPS) is 13.1. The molecule has 0 aliphatic rings. The molecule has 0 spiro atoms. The third-order valence-electron chi connectivity index (χ3n) is 1.48. The lowest BCUT2D eigenvalue weighted by Crippen LogP contribution is -2.01. The number of hydrogen-bond donors (Lipinski definition) is 0. The molecule has 80 valence electrons. The fourth-order valence-electron chi connectivity index (χ4n) is 0.787. The molecule has 1 aromatic rings. The van der Waals surface area contributed by atoms with Crippen LogP contribution in [0.3, 0.4) is 0 Å². The van der Waals surface area contributed by atoms with Gasteiger partial charge >= 0.3 is 0 Å². The lowest BCUT2D eigenvalue weighted by Gasteiger charge is -1.98. The first kappa shape index (κ1) is 11.4. The maximum Gasteiger partial charge on any atom is 0.242 e. The molecule has 1 heterocycles. The van der Waals surface area contributed by atoms with Crippen molar-refractivity contribution in [2.45, 2.75) is 18.9 Å². The summed E-state index contributed by atoms with van der Waals surface area (Å²) in [4.78, 5) is 0. The second-order valence-corrected chi connectivity index (χ2v) is 3.35. The Morgan fingerprint density at radius 3 is 2.79 bits per heavy atom. The molecular formula is C8H13ClN2O3. The van der Waals surface area contributed by atoms with E-state index in [1.54, 1.807) is 14.0 Å². The molecule has 0 aliphatic carbocycles. The zero-order valence-corrected chi connectivity index (χ0v) is 8.95. The maximum absolute atomic E-state index is 5.74. The first-order valence-electron chi connectivity index (χ1n) is 4.27. The van der Waals surface area contributed by atoms with Crippen LogP contribution in [0.15, 0.2) is 4.42 Å². The highest BCUT2D eigenvalue weighted by Gasteiger charge is 2.10. The summed E-state index contributed by atoms with van der Waals surface area (Å²) in [5.74, 6) is 0.848. The van der Waals surface area contributed by atoms with Crippen molar-refractivity contribution in [3.63, 3.8) is 0 Å². The second-order valence-electron chi connectivity index (χ2n) is 2.70. The predicted molar refractivity (Wildman–Crippen MR) is 50.1 cm³/mol. The minimum atomic E-state index is -0.268. The van der Waals surface area contributed by atoms with E-state index in [1.165, 1.54) is 0 Å². The Morgan fingerprint density at radius 1 is 1.43 bits per heavy atom. The fourth-order valence-corrected chi connectivity index (χ4v) is 0.876. The van der Waals surface area contributed by atoms with Crippen molar-refractivity contribution >= 4 is 11.6 Å². The predicted octanol–water partition coefficient (Wildman–Crippen LogP) is 1.53. The van der Waals surface area contributed by atoms with E-state index in [0.29, 0.717) is 31.6 Å². The van der Waals surface area contributed by atoms with Gasteiger partial charge < -0.3 is 13.9 Å². The van der Waals surface area contributed by atoms with Crippen LogP contribution in [-0.2, 0) is 16.1 Å². The molecule has 0 saturated heterocycles. The van der Waals surface area contributed by atoms with Gasteiger partial charge in [0.15, 0.2) is 0 Å². The monoisotopic (exact) mass is 220 g/mol. The highest BCUT2D eigenvalue weighted by atomic mass is 35.5. The standard InChI is InChI=1S/C8H13ClN2O3/c1-6(9)8-11-10-7(14-8)5-13-4-3-12-2/h6H,3-5H2,1-2H3. The summed E-state index contributed by atoms with van der Waals surface area (Å²) >= 11 is 5.74. The van der Waals surface area contributed by atoms with E-state index >= 15 is 0 Å². The van der Waals surface area contributed by atoms with Crippen molar-refractivity contribution in [3.05, 3.63) is 11.8 Å². The average Bonchev–Trinajstić information content (AvgIpc) is 2.61. The van der Waals surface area contributed by atoms with Gasteiger partial charge in [0.25, 0.3) is 0 Å². The minimum absolute atomic E-state index is 0.268. The van der Waals surface area contributed by atoms with Gasteiger partial charge in [-0.25, -0.2) is 0 Å². The van der Waals surface area contributed by atoms with Gasteiger partial charge in [-0.2, -0.15) is 0 Å². The van der Waals surface area contributed by atoms with Gasteiger partial charge in [0, 0.05) is 7.11 Å². The number of aromatic nitrogens is 2. The smallest absolute Gasteiger partial charge is 0.242 e. The summed E-state index contributed by atoms with van der Waals surface area (Å²) in [6.07, 6.45) is 0. The molecule has 1 unspecified atom stereocenters. The minimum Gasteiger partial charge on any atom is -0.421 e. The quantitative estimate of drug-likeness (QED) is 0.538. The van der Waals surface area contributed by atoms with E-state index in [-0.39, 0.29) is 5.38 Å². The highest BCUT2D eigenvalue weighted by molar-refractivity contribution is 6.20. The summed E-state index contributed by atoms with van der Waals surface area (Å²) in [6, 6.07) is 0. The van der Waals surface area contributed by atoms with Gasteiger partial charge in [0.2, 0.25) is 11.8 Å². The van der Waals surface area contributed by atoms with Crippen molar-refractivity contribution in [3.8, 4) is 0 Å². The van der Waals surface area contributed by atoms with E-state index in [4.69, 9.17) is 25.5 Å². The van der Waals surface area contributed by atoms with Crippen LogP contribution >= 0.6 is 11.6 Å². The van der Waals surface area contributed by atoms with Crippen LogP contribution in [0.5, 0.6) is 0 Å². The second kappa shape index (κ2) is 5.95. The van der Waals surface area contributed by atoms with E-state index in [9.17, 15) is 0 Å². The fraction of sp³-hybridized carbons (Fsp3) is 0.750. The molecule has 14 heavy (non-hydrogen) atoms. The van der Waals surface area contributed by atoms with Crippen molar-refractivity contribution < 1.29 is 13.9 Å². The zero-order valence-electron chi connectivity index (χ0n) is 8.20. The Bertz CT molecular complexity index is 265. The number of ether oxygens (including phenoxy) is 2. The van der Waals surface area contributed by atoms with Gasteiger partial charge in [-0.3, -0.25) is 0 Å². The first-order chi connectivity index (χ1) is 6.74. The molecule has 6 heteroatoms. The van der Waals surface area contributed by atoms with Gasteiger partial charge in [0.1, 0.15) is 12.0 Å². The SMILES string of the molecule is COCCOCc1nnc(C(C)Cl)o1. The molecular weight excluding hydrogens is 208 g/mol. The largest absolute Gasteiger partial charge is 0.421 e. The summed E-state index contributed by atoms with van der Waals surface area (Å²) in [7, 11) is 1.61. The van der Waals surface area contributed by atoms with Crippen LogP contribution in [0.4, 0.5) is 0 Å². The molecule has 0 amide bonds. The molecule has 0 aliphatic heterocycles. The molecule has 1 rings (SSSR count). The first-order valence-corrected chi connectivity index (χ1v) is 4.70. The number of methoxy groups -OCH3 is 1. The summed E-state index contributed by atoms with van der Waals surface area (Å²) in [5.41, 5.74) is 0.